The maximum Gasteiger partial charge on any atom is 0.410 e. The number of nitrogens with one attached hydrogen (secondary N) is 2. The highest BCUT2D eigenvalue weighted by Crippen LogP contribution is 2.30. The van der Waals surface area contributed by atoms with Crippen LogP contribution < -0.4 is 10.9 Å². The van der Waals surface area contributed by atoms with Crippen LogP contribution in [0.5, 0.6) is 0 Å². The van der Waals surface area contributed by atoms with Crippen LogP contribution in [0.15, 0.2) is 30.3 Å². The van der Waals surface area contributed by atoms with Crippen molar-refractivity contribution < 1.29 is 28.8 Å². The lowest BCUT2D eigenvalue weighted by Gasteiger charge is -2.36. The fourth-order valence-electron chi connectivity index (χ4n) is 4.82. The number of amides is 5. The van der Waals surface area contributed by atoms with E-state index in [4.69, 9.17) is 9.57 Å². The van der Waals surface area contributed by atoms with Crippen LogP contribution in [-0.2, 0) is 25.8 Å². The normalized spacial score (nSPS) is 23.9. The molecule has 2 N–H and O–H groups in total. The fourth-order valence-corrected chi connectivity index (χ4v) is 4.82. The maximum atomic E-state index is 12.9. The van der Waals surface area contributed by atoms with Gasteiger partial charge in [0.15, 0.2) is 0 Å². The molecule has 1 aromatic carbocycles. The third-order valence-corrected chi connectivity index (χ3v) is 6.58. The number of benzene rings is 1. The molecule has 36 heavy (non-hydrogen) atoms. The monoisotopic (exact) mass is 501 g/mol. The quantitative estimate of drug-likeness (QED) is 0.598. The van der Waals surface area contributed by atoms with Crippen LogP contribution in [-0.4, -0.2) is 75.6 Å². The number of ether oxygens (including phenoxy) is 1. The van der Waals surface area contributed by atoms with Crippen LogP contribution in [0.3, 0.4) is 0 Å². The predicted molar refractivity (Wildman–Crippen MR) is 129 cm³/mol. The number of hydrogen-bond donors (Lipinski definition) is 2. The lowest BCUT2D eigenvalue weighted by molar-refractivity contribution is -0.140. The molecule has 3 aliphatic heterocycles. The molecule has 11 nitrogen and oxygen atoms in total. The minimum absolute atomic E-state index is 0.121. The number of piperidine rings is 2. The van der Waals surface area contributed by atoms with Crippen molar-refractivity contribution in [2.24, 2.45) is 0 Å². The minimum atomic E-state index is -0.736. The average molecular weight is 502 g/mol. The first kappa shape index (κ1) is 25.7. The van der Waals surface area contributed by atoms with E-state index in [0.29, 0.717) is 32.4 Å². The standard InChI is InChI=1S/C25H35N5O6/c1-25(2,3)36-24(34)28-14-8-7-11-19(28)21(31)26-27-22(32)20-13-12-18-15-29(20)23(33)30(18)35-16-17-9-5-4-6-10-17/h4-6,9-10,18-20H,7-8,11-16H2,1-3H3,(H,26,31)(H,27,32)/t18-,19-,20+/m1/s1. The highest BCUT2D eigenvalue weighted by molar-refractivity contribution is 5.91. The molecule has 0 saturated carbocycles. The number of nitrogens with zero attached hydrogens (tertiary/aromatic N) is 3. The summed E-state index contributed by atoms with van der Waals surface area (Å²) in [5, 5.41) is 1.36. The van der Waals surface area contributed by atoms with E-state index in [0.717, 1.165) is 18.4 Å². The van der Waals surface area contributed by atoms with Crippen molar-refractivity contribution in [1.82, 2.24) is 25.7 Å². The zero-order valence-corrected chi connectivity index (χ0v) is 21.1. The molecule has 196 valence electrons. The molecule has 0 unspecified atom stereocenters. The summed E-state index contributed by atoms with van der Waals surface area (Å²) in [5.74, 6) is -0.956. The van der Waals surface area contributed by atoms with E-state index in [2.05, 4.69) is 10.9 Å². The number of hydrazine groups is 1. The van der Waals surface area contributed by atoms with E-state index in [1.165, 1.54) is 14.9 Å². The van der Waals surface area contributed by atoms with Gasteiger partial charge >= 0.3 is 12.1 Å². The summed E-state index contributed by atoms with van der Waals surface area (Å²) in [5.41, 5.74) is 5.19. The molecule has 3 fully saturated rings. The summed E-state index contributed by atoms with van der Waals surface area (Å²) in [7, 11) is 0. The average Bonchev–Trinajstić information content (AvgIpc) is 3.09. The highest BCUT2D eigenvalue weighted by atomic mass is 16.7. The van der Waals surface area contributed by atoms with Crippen molar-refractivity contribution in [3.05, 3.63) is 35.9 Å². The Labute approximate surface area is 211 Å². The zero-order valence-electron chi connectivity index (χ0n) is 21.1. The van der Waals surface area contributed by atoms with E-state index in [1.54, 1.807) is 20.8 Å². The van der Waals surface area contributed by atoms with Crippen molar-refractivity contribution >= 4 is 23.9 Å². The van der Waals surface area contributed by atoms with E-state index >= 15 is 0 Å². The SMILES string of the molecule is CC(C)(C)OC(=O)N1CCCC[C@@H]1C(=O)NNC(=O)[C@@H]1CC[C@@H]2CN1C(=O)N2OCc1ccccc1. The maximum absolute atomic E-state index is 12.9. The number of carbonyl (C=O) groups excluding carboxylic acids is 4. The van der Waals surface area contributed by atoms with Crippen molar-refractivity contribution in [1.29, 1.82) is 0 Å². The second-order valence-corrected chi connectivity index (χ2v) is 10.4. The van der Waals surface area contributed by atoms with Gasteiger partial charge in [-0.2, -0.15) is 5.06 Å². The lowest BCUT2D eigenvalue weighted by Crippen LogP contribution is -2.59. The van der Waals surface area contributed by atoms with Gasteiger partial charge in [-0.05, 0) is 58.4 Å². The van der Waals surface area contributed by atoms with Crippen LogP contribution in [0.25, 0.3) is 0 Å². The molecule has 5 amide bonds. The van der Waals surface area contributed by atoms with Crippen molar-refractivity contribution in [2.75, 3.05) is 13.1 Å². The van der Waals surface area contributed by atoms with Crippen LogP contribution in [0.4, 0.5) is 9.59 Å². The molecule has 2 bridgehead atoms. The van der Waals surface area contributed by atoms with Gasteiger partial charge in [0.25, 0.3) is 11.8 Å². The first-order chi connectivity index (χ1) is 17.1. The number of urea groups is 1. The Bertz CT molecular complexity index is 981. The zero-order chi connectivity index (χ0) is 25.9. The molecule has 3 aliphatic rings. The summed E-state index contributed by atoms with van der Waals surface area (Å²) >= 11 is 0. The number of hydrogen-bond acceptors (Lipinski definition) is 6. The summed E-state index contributed by atoms with van der Waals surface area (Å²) in [6, 6.07) is 7.63. The van der Waals surface area contributed by atoms with Gasteiger partial charge in [0.1, 0.15) is 24.3 Å². The second kappa shape index (κ2) is 10.7. The summed E-state index contributed by atoms with van der Waals surface area (Å²) in [6.45, 7) is 6.37. The predicted octanol–water partition coefficient (Wildman–Crippen LogP) is 2.32. The Kier molecular flexibility index (Phi) is 7.67. The molecule has 3 heterocycles. The van der Waals surface area contributed by atoms with Crippen LogP contribution in [0, 0.1) is 0 Å². The van der Waals surface area contributed by atoms with Crippen LogP contribution in [0.1, 0.15) is 58.4 Å². The third-order valence-electron chi connectivity index (χ3n) is 6.58. The van der Waals surface area contributed by atoms with Gasteiger partial charge in [0, 0.05) is 13.1 Å². The molecule has 4 rings (SSSR count). The molecule has 0 spiro atoms. The van der Waals surface area contributed by atoms with E-state index in [9.17, 15) is 19.2 Å². The summed E-state index contributed by atoms with van der Waals surface area (Å²) in [6.07, 6.45) is 2.55. The molecule has 0 radical (unpaired) electrons. The number of rotatable bonds is 5. The molecule has 3 atom stereocenters. The second-order valence-electron chi connectivity index (χ2n) is 10.4. The Morgan fingerprint density at radius 3 is 2.36 bits per heavy atom. The highest BCUT2D eigenvalue weighted by Gasteiger charge is 2.48. The van der Waals surface area contributed by atoms with Gasteiger partial charge in [0.2, 0.25) is 0 Å². The third kappa shape index (κ3) is 5.89. The Hall–Kier alpha value is -3.34. The van der Waals surface area contributed by atoms with Crippen molar-refractivity contribution in [3.8, 4) is 0 Å². The smallest absolute Gasteiger partial charge is 0.410 e. The minimum Gasteiger partial charge on any atom is -0.444 e. The molecule has 0 aliphatic carbocycles. The topological polar surface area (TPSA) is 121 Å². The van der Waals surface area contributed by atoms with Gasteiger partial charge in [-0.25, -0.2) is 9.59 Å². The van der Waals surface area contributed by atoms with Gasteiger partial charge in [-0.3, -0.25) is 30.2 Å². The molecule has 3 saturated heterocycles. The molecule has 0 aromatic heterocycles. The Balaban J connectivity index is 1.30. The molecular weight excluding hydrogens is 466 g/mol. The Morgan fingerprint density at radius 1 is 0.972 bits per heavy atom. The van der Waals surface area contributed by atoms with Crippen LogP contribution in [0.2, 0.25) is 0 Å². The first-order valence-electron chi connectivity index (χ1n) is 12.5. The van der Waals surface area contributed by atoms with Crippen LogP contribution >= 0.6 is 0 Å². The number of likely N-dealkylation sites (tertiary alicyclic amines) is 1. The summed E-state index contributed by atoms with van der Waals surface area (Å²) in [4.78, 5) is 60.0. The number of hydroxylamine groups is 2. The lowest BCUT2D eigenvalue weighted by atomic mass is 10.0. The van der Waals surface area contributed by atoms with Crippen molar-refractivity contribution in [2.45, 2.75) is 83.2 Å². The fraction of sp³-hybridized carbons (Fsp3) is 0.600. The van der Waals surface area contributed by atoms with E-state index in [-0.39, 0.29) is 18.7 Å². The van der Waals surface area contributed by atoms with Crippen molar-refractivity contribution in [3.63, 3.8) is 0 Å². The van der Waals surface area contributed by atoms with Gasteiger partial charge < -0.3 is 9.64 Å². The first-order valence-corrected chi connectivity index (χ1v) is 12.5. The van der Waals surface area contributed by atoms with E-state index in [1.807, 2.05) is 30.3 Å². The van der Waals surface area contributed by atoms with Gasteiger partial charge in [-0.15, -0.1) is 0 Å². The van der Waals surface area contributed by atoms with Gasteiger partial charge in [-0.1, -0.05) is 30.3 Å². The molecule has 1 aromatic rings. The van der Waals surface area contributed by atoms with Gasteiger partial charge in [0.05, 0.1) is 6.04 Å². The van der Waals surface area contributed by atoms with E-state index < -0.39 is 35.6 Å². The Morgan fingerprint density at radius 2 is 1.67 bits per heavy atom. The molecule has 11 heteroatoms. The number of carbonyl (C=O) groups is 4. The summed E-state index contributed by atoms with van der Waals surface area (Å²) < 4.78 is 5.44. The largest absolute Gasteiger partial charge is 0.444 e. The number of fused-ring (bicyclic) bond motifs is 2. The molecular formula is C25H35N5O6.